The van der Waals surface area contributed by atoms with Gasteiger partial charge in [-0.25, -0.2) is 14.8 Å². The molecule has 0 bridgehead atoms. The Balaban J connectivity index is 1.71. The smallest absolute Gasteiger partial charge is 0.337 e. The molecule has 0 fully saturated rings. The van der Waals surface area contributed by atoms with E-state index in [1.165, 1.54) is 19.5 Å². The summed E-state index contributed by atoms with van der Waals surface area (Å²) in [6.45, 7) is 0. The maximum Gasteiger partial charge on any atom is 0.337 e. The number of methoxy groups -OCH3 is 1. The van der Waals surface area contributed by atoms with Gasteiger partial charge in [-0.3, -0.25) is 4.79 Å². The number of rotatable bonds is 5. The third-order valence-electron chi connectivity index (χ3n) is 3.73. The average Bonchev–Trinajstić information content (AvgIpc) is 2.74. The standard InChI is InChI=1S/C20H15N5O3/c1-28-20(27)14-5-7-15(8-6-14)25-19(26)17-10-18(23-12-22-17)24-16-4-2-3-13(9-16)11-21/h2-10,12H,1H3,(H,25,26)(H,22,23,24). The molecule has 2 N–H and O–H groups in total. The minimum atomic E-state index is -0.454. The number of amides is 1. The summed E-state index contributed by atoms with van der Waals surface area (Å²) in [7, 11) is 1.30. The lowest BCUT2D eigenvalue weighted by Crippen LogP contribution is -2.14. The summed E-state index contributed by atoms with van der Waals surface area (Å²) in [5.41, 5.74) is 2.22. The Bertz CT molecular complexity index is 1060. The van der Waals surface area contributed by atoms with Gasteiger partial charge in [0.2, 0.25) is 0 Å². The zero-order valence-electron chi connectivity index (χ0n) is 14.8. The predicted molar refractivity (Wildman–Crippen MR) is 102 cm³/mol. The third-order valence-corrected chi connectivity index (χ3v) is 3.73. The first-order valence-corrected chi connectivity index (χ1v) is 8.18. The topological polar surface area (TPSA) is 117 Å². The molecule has 3 aromatic rings. The molecule has 1 amide bonds. The number of benzene rings is 2. The summed E-state index contributed by atoms with van der Waals surface area (Å²) < 4.78 is 4.64. The van der Waals surface area contributed by atoms with Crippen LogP contribution in [0.15, 0.2) is 60.9 Å². The summed E-state index contributed by atoms with van der Waals surface area (Å²) in [5.74, 6) is -0.469. The minimum absolute atomic E-state index is 0.158. The highest BCUT2D eigenvalue weighted by Crippen LogP contribution is 2.17. The number of hydrogen-bond acceptors (Lipinski definition) is 7. The number of hydrogen-bond donors (Lipinski definition) is 2. The molecule has 0 atom stereocenters. The van der Waals surface area contributed by atoms with Crippen LogP contribution in [0.3, 0.4) is 0 Å². The Kier molecular flexibility index (Phi) is 5.58. The molecule has 0 saturated carbocycles. The first-order chi connectivity index (χ1) is 13.6. The number of carbonyl (C=O) groups is 2. The Morgan fingerprint density at radius 3 is 2.54 bits per heavy atom. The van der Waals surface area contributed by atoms with E-state index in [1.807, 2.05) is 0 Å². The van der Waals surface area contributed by atoms with Crippen LogP contribution in [-0.2, 0) is 4.74 Å². The SMILES string of the molecule is COC(=O)c1ccc(NC(=O)c2cc(Nc3cccc(C#N)c3)ncn2)cc1. The van der Waals surface area contributed by atoms with Gasteiger partial charge in [0, 0.05) is 17.4 Å². The van der Waals surface area contributed by atoms with Gasteiger partial charge in [0.1, 0.15) is 17.8 Å². The zero-order chi connectivity index (χ0) is 19.9. The van der Waals surface area contributed by atoms with E-state index < -0.39 is 11.9 Å². The van der Waals surface area contributed by atoms with Crippen molar-refractivity contribution in [2.75, 3.05) is 17.7 Å². The van der Waals surface area contributed by atoms with E-state index in [0.717, 1.165) is 0 Å². The quantitative estimate of drug-likeness (QED) is 0.660. The second-order valence-electron chi connectivity index (χ2n) is 5.63. The molecule has 0 unspecified atom stereocenters. The molecule has 1 heterocycles. The van der Waals surface area contributed by atoms with E-state index in [9.17, 15) is 9.59 Å². The molecule has 0 aliphatic heterocycles. The monoisotopic (exact) mass is 373 g/mol. The lowest BCUT2D eigenvalue weighted by atomic mass is 10.2. The number of ether oxygens (including phenoxy) is 1. The molecule has 0 radical (unpaired) electrons. The highest BCUT2D eigenvalue weighted by Gasteiger charge is 2.11. The lowest BCUT2D eigenvalue weighted by molar-refractivity contribution is 0.0600. The average molecular weight is 373 g/mol. The molecule has 8 nitrogen and oxygen atoms in total. The highest BCUT2D eigenvalue weighted by atomic mass is 16.5. The normalized spacial score (nSPS) is 9.86. The van der Waals surface area contributed by atoms with Crippen LogP contribution >= 0.6 is 0 Å². The Hall–Kier alpha value is -4.25. The van der Waals surface area contributed by atoms with Crippen molar-refractivity contribution in [1.29, 1.82) is 5.26 Å². The number of carbonyl (C=O) groups excluding carboxylic acids is 2. The van der Waals surface area contributed by atoms with Crippen molar-refractivity contribution in [2.24, 2.45) is 0 Å². The summed E-state index contributed by atoms with van der Waals surface area (Å²) in [5, 5.41) is 14.7. The number of nitrogens with one attached hydrogen (secondary N) is 2. The van der Waals surface area contributed by atoms with Gasteiger partial charge in [-0.15, -0.1) is 0 Å². The first-order valence-electron chi connectivity index (χ1n) is 8.18. The number of anilines is 3. The summed E-state index contributed by atoms with van der Waals surface area (Å²) in [6.07, 6.45) is 1.27. The van der Waals surface area contributed by atoms with Crippen LogP contribution < -0.4 is 10.6 Å². The molecular formula is C20H15N5O3. The first kappa shape index (κ1) is 18.5. The molecule has 2 aromatic carbocycles. The fourth-order valence-corrected chi connectivity index (χ4v) is 2.37. The van der Waals surface area contributed by atoms with Crippen LogP contribution in [0.5, 0.6) is 0 Å². The van der Waals surface area contributed by atoms with Gasteiger partial charge in [0.05, 0.1) is 24.3 Å². The molecule has 0 saturated heterocycles. The van der Waals surface area contributed by atoms with E-state index in [4.69, 9.17) is 5.26 Å². The van der Waals surface area contributed by atoms with Crippen LogP contribution in [0, 0.1) is 11.3 Å². The van der Waals surface area contributed by atoms with Crippen LogP contribution in [0.25, 0.3) is 0 Å². The molecule has 8 heteroatoms. The van der Waals surface area contributed by atoms with Crippen LogP contribution in [-0.4, -0.2) is 29.0 Å². The van der Waals surface area contributed by atoms with Crippen molar-refractivity contribution in [3.63, 3.8) is 0 Å². The number of nitrogens with zero attached hydrogens (tertiary/aromatic N) is 3. The summed E-state index contributed by atoms with van der Waals surface area (Å²) in [4.78, 5) is 31.9. The van der Waals surface area contributed by atoms with Crippen molar-refractivity contribution in [3.05, 3.63) is 77.7 Å². The van der Waals surface area contributed by atoms with E-state index in [-0.39, 0.29) is 5.69 Å². The van der Waals surface area contributed by atoms with Crippen molar-refractivity contribution in [2.45, 2.75) is 0 Å². The maximum absolute atomic E-state index is 12.4. The van der Waals surface area contributed by atoms with E-state index in [0.29, 0.717) is 28.3 Å². The third kappa shape index (κ3) is 4.47. The van der Waals surface area contributed by atoms with Crippen LogP contribution in [0.2, 0.25) is 0 Å². The zero-order valence-corrected chi connectivity index (χ0v) is 14.8. The van der Waals surface area contributed by atoms with Crippen molar-refractivity contribution in [1.82, 2.24) is 9.97 Å². The van der Waals surface area contributed by atoms with Crippen LogP contribution in [0.1, 0.15) is 26.4 Å². The molecule has 138 valence electrons. The van der Waals surface area contributed by atoms with Gasteiger partial charge in [-0.2, -0.15) is 5.26 Å². The molecule has 0 aliphatic carbocycles. The van der Waals surface area contributed by atoms with Gasteiger partial charge in [-0.05, 0) is 42.5 Å². The Labute approximate surface area is 160 Å². The number of nitriles is 1. The molecule has 0 aliphatic rings. The number of esters is 1. The molecule has 0 spiro atoms. The fraction of sp³-hybridized carbons (Fsp3) is 0.0500. The molecule has 28 heavy (non-hydrogen) atoms. The summed E-state index contributed by atoms with van der Waals surface area (Å²) in [6, 6.07) is 16.7. The van der Waals surface area contributed by atoms with E-state index in [2.05, 4.69) is 31.4 Å². The minimum Gasteiger partial charge on any atom is -0.465 e. The van der Waals surface area contributed by atoms with Crippen molar-refractivity contribution < 1.29 is 14.3 Å². The highest BCUT2D eigenvalue weighted by molar-refractivity contribution is 6.03. The lowest BCUT2D eigenvalue weighted by Gasteiger charge is -2.08. The van der Waals surface area contributed by atoms with Gasteiger partial charge in [0.25, 0.3) is 5.91 Å². The van der Waals surface area contributed by atoms with Gasteiger partial charge in [-0.1, -0.05) is 6.07 Å². The Morgan fingerprint density at radius 1 is 1.04 bits per heavy atom. The van der Waals surface area contributed by atoms with E-state index >= 15 is 0 Å². The van der Waals surface area contributed by atoms with E-state index in [1.54, 1.807) is 48.5 Å². The van der Waals surface area contributed by atoms with Crippen molar-refractivity contribution >= 4 is 29.1 Å². The maximum atomic E-state index is 12.4. The largest absolute Gasteiger partial charge is 0.465 e. The number of aromatic nitrogens is 2. The Morgan fingerprint density at radius 2 is 1.82 bits per heavy atom. The molecular weight excluding hydrogens is 358 g/mol. The second kappa shape index (κ2) is 8.42. The van der Waals surface area contributed by atoms with Gasteiger partial charge in [0.15, 0.2) is 0 Å². The summed E-state index contributed by atoms with van der Waals surface area (Å²) >= 11 is 0. The van der Waals surface area contributed by atoms with Crippen molar-refractivity contribution in [3.8, 4) is 6.07 Å². The molecule has 3 rings (SSSR count). The second-order valence-corrected chi connectivity index (χ2v) is 5.63. The fourth-order valence-electron chi connectivity index (χ4n) is 2.37. The van der Waals surface area contributed by atoms with Gasteiger partial charge < -0.3 is 15.4 Å². The molecule has 1 aromatic heterocycles. The van der Waals surface area contributed by atoms with Crippen LogP contribution in [0.4, 0.5) is 17.2 Å². The predicted octanol–water partition coefficient (Wildman–Crippen LogP) is 3.13. The van der Waals surface area contributed by atoms with Gasteiger partial charge >= 0.3 is 5.97 Å².